The molecule has 0 aliphatic carbocycles. The summed E-state index contributed by atoms with van der Waals surface area (Å²) in [5, 5.41) is 11.2. The van der Waals surface area contributed by atoms with Crippen LogP contribution >= 0.6 is 11.3 Å². The van der Waals surface area contributed by atoms with E-state index in [-0.39, 0.29) is 5.69 Å². The van der Waals surface area contributed by atoms with Crippen LogP contribution in [0.1, 0.15) is 23.8 Å². The quantitative estimate of drug-likeness (QED) is 0.844. The first-order valence-electron chi connectivity index (χ1n) is 5.76. The number of imidazole rings is 1. The topological polar surface area (TPSA) is 57.8 Å². The van der Waals surface area contributed by atoms with E-state index in [0.29, 0.717) is 5.82 Å². The summed E-state index contributed by atoms with van der Waals surface area (Å²) in [4.78, 5) is 18.6. The zero-order chi connectivity index (χ0) is 12.7. The third kappa shape index (κ3) is 1.69. The van der Waals surface area contributed by atoms with Gasteiger partial charge in [-0.15, -0.1) is 11.3 Å². The molecule has 0 saturated carbocycles. The summed E-state index contributed by atoms with van der Waals surface area (Å²) in [6.45, 7) is 3.66. The van der Waals surface area contributed by atoms with Crippen molar-refractivity contribution in [2.45, 2.75) is 13.3 Å². The summed E-state index contributed by atoms with van der Waals surface area (Å²) in [6.07, 6.45) is 4.85. The van der Waals surface area contributed by atoms with Crippen LogP contribution in [-0.4, -0.2) is 33.6 Å². The number of thiazole rings is 1. The number of carbonyl (C=O) groups is 1. The van der Waals surface area contributed by atoms with Crippen LogP contribution in [0.4, 0.5) is 5.82 Å². The smallest absolute Gasteiger partial charge is 0.356 e. The Morgan fingerprint density at radius 1 is 1.56 bits per heavy atom. The lowest BCUT2D eigenvalue weighted by Gasteiger charge is -2.25. The average molecular weight is 263 g/mol. The van der Waals surface area contributed by atoms with Crippen LogP contribution in [0.5, 0.6) is 0 Å². The minimum absolute atomic E-state index is 0.263. The van der Waals surface area contributed by atoms with Crippen molar-refractivity contribution < 1.29 is 9.90 Å². The molecular formula is C12H13N3O2S. The Balaban J connectivity index is 2.08. The fraction of sp³-hybridized carbons (Fsp3) is 0.333. The highest BCUT2D eigenvalue weighted by Crippen LogP contribution is 2.26. The van der Waals surface area contributed by atoms with Gasteiger partial charge in [0.05, 0.1) is 0 Å². The average Bonchev–Trinajstić information content (AvgIpc) is 2.88. The lowest BCUT2D eigenvalue weighted by atomic mass is 10.1. The highest BCUT2D eigenvalue weighted by molar-refractivity contribution is 7.15. The van der Waals surface area contributed by atoms with Gasteiger partial charge in [-0.05, 0) is 13.3 Å². The largest absolute Gasteiger partial charge is 0.476 e. The molecule has 0 spiro atoms. The molecule has 2 aromatic heterocycles. The van der Waals surface area contributed by atoms with Crippen LogP contribution in [-0.2, 0) is 0 Å². The number of hydrogen-bond acceptors (Lipinski definition) is 4. The highest BCUT2D eigenvalue weighted by atomic mass is 32.1. The fourth-order valence-electron chi connectivity index (χ4n) is 2.16. The van der Waals surface area contributed by atoms with Gasteiger partial charge in [-0.25, -0.2) is 9.78 Å². The number of aromatic carboxylic acids is 1. The van der Waals surface area contributed by atoms with E-state index in [1.807, 2.05) is 10.3 Å². The van der Waals surface area contributed by atoms with E-state index in [2.05, 4.69) is 18.0 Å². The predicted molar refractivity (Wildman–Crippen MR) is 70.6 cm³/mol. The predicted octanol–water partition coefficient (Wildman–Crippen LogP) is 2.25. The van der Waals surface area contributed by atoms with Crippen LogP contribution < -0.4 is 4.90 Å². The van der Waals surface area contributed by atoms with Gasteiger partial charge in [0.25, 0.3) is 0 Å². The SMILES string of the molecule is CC1=CCN(c2nc3sccn3c2C(=O)O)CC1. The second-order valence-electron chi connectivity index (χ2n) is 4.39. The maximum atomic E-state index is 11.4. The molecule has 0 bridgehead atoms. The number of aromatic nitrogens is 2. The van der Waals surface area contributed by atoms with Crippen molar-refractivity contribution in [2.75, 3.05) is 18.0 Å². The van der Waals surface area contributed by atoms with Gasteiger partial charge in [0.15, 0.2) is 16.5 Å². The van der Waals surface area contributed by atoms with Crippen molar-refractivity contribution >= 4 is 28.1 Å². The van der Waals surface area contributed by atoms with Crippen molar-refractivity contribution in [3.63, 3.8) is 0 Å². The zero-order valence-electron chi connectivity index (χ0n) is 9.96. The molecule has 0 radical (unpaired) electrons. The van der Waals surface area contributed by atoms with Crippen LogP contribution in [0.3, 0.4) is 0 Å². The third-order valence-electron chi connectivity index (χ3n) is 3.18. The molecule has 1 N–H and O–H groups in total. The summed E-state index contributed by atoms with van der Waals surface area (Å²) < 4.78 is 1.65. The number of hydrogen-bond donors (Lipinski definition) is 1. The number of rotatable bonds is 2. The van der Waals surface area contributed by atoms with E-state index < -0.39 is 5.97 Å². The van der Waals surface area contributed by atoms with E-state index in [1.54, 1.807) is 10.6 Å². The van der Waals surface area contributed by atoms with Crippen molar-refractivity contribution in [1.29, 1.82) is 0 Å². The Morgan fingerprint density at radius 3 is 3.06 bits per heavy atom. The van der Waals surface area contributed by atoms with E-state index in [9.17, 15) is 9.90 Å². The molecule has 1 aliphatic rings. The maximum absolute atomic E-state index is 11.4. The Labute approximate surface area is 108 Å². The molecule has 0 fully saturated rings. The van der Waals surface area contributed by atoms with Crippen molar-refractivity contribution in [1.82, 2.24) is 9.38 Å². The second kappa shape index (κ2) is 4.13. The Morgan fingerprint density at radius 2 is 2.39 bits per heavy atom. The number of carboxylic acids is 1. The summed E-state index contributed by atoms with van der Waals surface area (Å²) in [5.74, 6) is -0.347. The van der Waals surface area contributed by atoms with Crippen LogP contribution in [0, 0.1) is 0 Å². The number of nitrogens with zero attached hydrogens (tertiary/aromatic N) is 3. The molecule has 18 heavy (non-hydrogen) atoms. The molecule has 0 unspecified atom stereocenters. The standard InChI is InChI=1S/C12H13N3O2S/c1-8-2-4-14(5-3-8)10-9(11(16)17)15-6-7-18-12(15)13-10/h2,6-7H,3-5H2,1H3,(H,16,17). The molecule has 0 amide bonds. The van der Waals surface area contributed by atoms with Gasteiger partial charge in [0.1, 0.15) is 0 Å². The minimum Gasteiger partial charge on any atom is -0.476 e. The molecule has 5 nitrogen and oxygen atoms in total. The summed E-state index contributed by atoms with van der Waals surface area (Å²) in [6, 6.07) is 0. The van der Waals surface area contributed by atoms with Crippen molar-refractivity contribution in [3.8, 4) is 0 Å². The Hall–Kier alpha value is -1.82. The van der Waals surface area contributed by atoms with Gasteiger partial charge in [-0.3, -0.25) is 4.40 Å². The third-order valence-corrected chi connectivity index (χ3v) is 3.94. The molecule has 94 valence electrons. The molecule has 6 heteroatoms. The lowest BCUT2D eigenvalue weighted by Crippen LogP contribution is -2.30. The van der Waals surface area contributed by atoms with Gasteiger partial charge in [-0.2, -0.15) is 0 Å². The molecule has 0 aromatic carbocycles. The van der Waals surface area contributed by atoms with E-state index in [0.717, 1.165) is 24.5 Å². The monoisotopic (exact) mass is 263 g/mol. The van der Waals surface area contributed by atoms with Crippen LogP contribution in [0.25, 0.3) is 4.96 Å². The summed E-state index contributed by atoms with van der Waals surface area (Å²) >= 11 is 1.45. The first-order valence-corrected chi connectivity index (χ1v) is 6.64. The summed E-state index contributed by atoms with van der Waals surface area (Å²) in [7, 11) is 0. The fourth-order valence-corrected chi connectivity index (χ4v) is 2.87. The van der Waals surface area contributed by atoms with Crippen LogP contribution in [0.2, 0.25) is 0 Å². The Kier molecular flexibility index (Phi) is 2.59. The number of carboxylic acid groups (broad SMARTS) is 1. The van der Waals surface area contributed by atoms with Gasteiger partial charge in [0, 0.05) is 24.7 Å². The lowest BCUT2D eigenvalue weighted by molar-refractivity contribution is 0.0690. The van der Waals surface area contributed by atoms with Gasteiger partial charge < -0.3 is 10.0 Å². The normalized spacial score (nSPS) is 16.1. The van der Waals surface area contributed by atoms with E-state index in [4.69, 9.17) is 0 Å². The molecule has 0 saturated heterocycles. The van der Waals surface area contributed by atoms with Crippen molar-refractivity contribution in [3.05, 3.63) is 28.9 Å². The first kappa shape index (κ1) is 11.3. The summed E-state index contributed by atoms with van der Waals surface area (Å²) in [5.41, 5.74) is 1.61. The van der Waals surface area contributed by atoms with Crippen LogP contribution in [0.15, 0.2) is 23.2 Å². The second-order valence-corrected chi connectivity index (χ2v) is 5.26. The molecule has 1 aliphatic heterocycles. The maximum Gasteiger partial charge on any atom is 0.356 e. The van der Waals surface area contributed by atoms with E-state index >= 15 is 0 Å². The minimum atomic E-state index is -0.929. The van der Waals surface area contributed by atoms with Crippen molar-refractivity contribution in [2.24, 2.45) is 0 Å². The molecule has 3 rings (SSSR count). The first-order chi connectivity index (χ1) is 8.66. The van der Waals surface area contributed by atoms with E-state index in [1.165, 1.54) is 16.9 Å². The zero-order valence-corrected chi connectivity index (χ0v) is 10.8. The number of fused-ring (bicyclic) bond motifs is 1. The molecule has 2 aromatic rings. The van der Waals surface area contributed by atoms with Gasteiger partial charge >= 0.3 is 5.97 Å². The number of anilines is 1. The van der Waals surface area contributed by atoms with Gasteiger partial charge in [-0.1, -0.05) is 11.6 Å². The highest BCUT2D eigenvalue weighted by Gasteiger charge is 2.24. The Bertz CT molecular complexity index is 641. The molecule has 0 atom stereocenters. The van der Waals surface area contributed by atoms with Gasteiger partial charge in [0.2, 0.25) is 0 Å². The molecule has 3 heterocycles. The molecular weight excluding hydrogens is 250 g/mol.